The Balaban J connectivity index is 1.83. The molecule has 6 heteroatoms. The van der Waals surface area contributed by atoms with Gasteiger partial charge in [-0.2, -0.15) is 5.10 Å². The zero-order valence-corrected chi connectivity index (χ0v) is 13.5. The van der Waals surface area contributed by atoms with Crippen LogP contribution in [0.3, 0.4) is 0 Å². The highest BCUT2D eigenvalue weighted by Crippen LogP contribution is 2.42. The van der Waals surface area contributed by atoms with E-state index in [4.69, 9.17) is 5.73 Å². The lowest BCUT2D eigenvalue weighted by Crippen LogP contribution is -2.14. The summed E-state index contributed by atoms with van der Waals surface area (Å²) in [6.07, 6.45) is 2.22. The molecule has 5 nitrogen and oxygen atoms in total. The molecule has 1 amide bonds. The standard InChI is InChI=1S/C15H17BrN4O/c1-7-5-10(6-8(2)11(7)16)18-15(21)14-12(17)13(19-20-14)9-3-4-9/h5-6,9H,3-4,17H2,1-2H3,(H,18,21)(H,19,20). The van der Waals surface area contributed by atoms with Crippen LogP contribution in [0.5, 0.6) is 0 Å². The molecule has 0 unspecified atom stereocenters. The maximum absolute atomic E-state index is 12.3. The van der Waals surface area contributed by atoms with Gasteiger partial charge in [-0.1, -0.05) is 15.9 Å². The molecule has 1 aromatic heterocycles. The van der Waals surface area contributed by atoms with Crippen molar-refractivity contribution in [2.45, 2.75) is 32.6 Å². The van der Waals surface area contributed by atoms with E-state index in [1.54, 1.807) is 0 Å². The number of amides is 1. The number of nitrogen functional groups attached to an aromatic ring is 1. The quantitative estimate of drug-likeness (QED) is 0.793. The molecule has 21 heavy (non-hydrogen) atoms. The van der Waals surface area contributed by atoms with Crippen molar-refractivity contribution in [3.8, 4) is 0 Å². The summed E-state index contributed by atoms with van der Waals surface area (Å²) in [4.78, 5) is 12.3. The van der Waals surface area contributed by atoms with Crippen LogP contribution in [0.4, 0.5) is 11.4 Å². The third-order valence-corrected chi connectivity index (χ3v) is 4.98. The number of rotatable bonds is 3. The Morgan fingerprint density at radius 2 is 2.00 bits per heavy atom. The Morgan fingerprint density at radius 1 is 1.38 bits per heavy atom. The van der Waals surface area contributed by atoms with Gasteiger partial charge in [-0.15, -0.1) is 0 Å². The van der Waals surface area contributed by atoms with Gasteiger partial charge in [0.15, 0.2) is 5.69 Å². The van der Waals surface area contributed by atoms with E-state index >= 15 is 0 Å². The number of benzene rings is 1. The molecule has 1 aliphatic carbocycles. The van der Waals surface area contributed by atoms with E-state index in [0.29, 0.717) is 11.6 Å². The summed E-state index contributed by atoms with van der Waals surface area (Å²) in [7, 11) is 0. The zero-order chi connectivity index (χ0) is 15.1. The fourth-order valence-corrected chi connectivity index (χ4v) is 2.66. The highest BCUT2D eigenvalue weighted by molar-refractivity contribution is 9.10. The number of aryl methyl sites for hydroxylation is 2. The average Bonchev–Trinajstić information content (AvgIpc) is 3.19. The van der Waals surface area contributed by atoms with Gasteiger partial charge in [0.25, 0.3) is 5.91 Å². The minimum Gasteiger partial charge on any atom is -0.395 e. The molecule has 4 N–H and O–H groups in total. The van der Waals surface area contributed by atoms with E-state index in [-0.39, 0.29) is 11.6 Å². The average molecular weight is 349 g/mol. The molecule has 1 fully saturated rings. The fourth-order valence-electron chi connectivity index (χ4n) is 2.43. The molecule has 110 valence electrons. The fraction of sp³-hybridized carbons (Fsp3) is 0.333. The second-order valence-corrected chi connectivity index (χ2v) is 6.34. The molecule has 0 bridgehead atoms. The van der Waals surface area contributed by atoms with Crippen molar-refractivity contribution in [3.05, 3.63) is 39.1 Å². The molecule has 1 aliphatic rings. The van der Waals surface area contributed by atoms with Crippen LogP contribution in [-0.2, 0) is 0 Å². The summed E-state index contributed by atoms with van der Waals surface area (Å²) in [6.45, 7) is 3.97. The van der Waals surface area contributed by atoms with Crippen molar-refractivity contribution in [2.24, 2.45) is 0 Å². The van der Waals surface area contributed by atoms with Gasteiger partial charge >= 0.3 is 0 Å². The summed E-state index contributed by atoms with van der Waals surface area (Å²) in [5.74, 6) is 0.160. The van der Waals surface area contributed by atoms with Crippen LogP contribution in [0.15, 0.2) is 16.6 Å². The number of carbonyl (C=O) groups excluding carboxylic acids is 1. The van der Waals surface area contributed by atoms with Gasteiger partial charge in [-0.25, -0.2) is 0 Å². The Kier molecular flexibility index (Phi) is 3.49. The van der Waals surface area contributed by atoms with Crippen molar-refractivity contribution < 1.29 is 4.79 Å². The van der Waals surface area contributed by atoms with Gasteiger partial charge in [0.05, 0.1) is 11.4 Å². The predicted molar refractivity (Wildman–Crippen MR) is 86.5 cm³/mol. The molecular formula is C15H17BrN4O. The Hall–Kier alpha value is -1.82. The van der Waals surface area contributed by atoms with E-state index in [9.17, 15) is 4.79 Å². The van der Waals surface area contributed by atoms with Gasteiger partial charge in [0.1, 0.15) is 0 Å². The first-order valence-electron chi connectivity index (χ1n) is 6.89. The van der Waals surface area contributed by atoms with E-state index in [2.05, 4.69) is 31.4 Å². The highest BCUT2D eigenvalue weighted by Gasteiger charge is 2.30. The van der Waals surface area contributed by atoms with Gasteiger partial charge in [-0.3, -0.25) is 9.89 Å². The molecule has 0 aliphatic heterocycles. The molecule has 1 aromatic carbocycles. The smallest absolute Gasteiger partial charge is 0.278 e. The Morgan fingerprint density at radius 3 is 2.57 bits per heavy atom. The van der Waals surface area contributed by atoms with Crippen LogP contribution >= 0.6 is 15.9 Å². The minimum absolute atomic E-state index is 0.273. The van der Waals surface area contributed by atoms with Crippen molar-refractivity contribution in [1.82, 2.24) is 10.2 Å². The number of nitrogens with two attached hydrogens (primary N) is 1. The molecule has 0 atom stereocenters. The maximum Gasteiger partial charge on any atom is 0.278 e. The lowest BCUT2D eigenvalue weighted by molar-refractivity contribution is 0.102. The highest BCUT2D eigenvalue weighted by atomic mass is 79.9. The number of nitrogens with zero attached hydrogens (tertiary/aromatic N) is 1. The van der Waals surface area contributed by atoms with E-state index in [1.807, 2.05) is 26.0 Å². The monoisotopic (exact) mass is 348 g/mol. The van der Waals surface area contributed by atoms with Crippen LogP contribution in [0, 0.1) is 13.8 Å². The minimum atomic E-state index is -0.281. The van der Waals surface area contributed by atoms with Gasteiger partial charge in [-0.05, 0) is 49.9 Å². The van der Waals surface area contributed by atoms with Crippen LogP contribution in [0.1, 0.15) is 46.1 Å². The number of aromatic amines is 1. The lowest BCUT2D eigenvalue weighted by atomic mass is 10.1. The number of nitrogens with one attached hydrogen (secondary N) is 2. The summed E-state index contributed by atoms with van der Waals surface area (Å²) in [6, 6.07) is 3.83. The lowest BCUT2D eigenvalue weighted by Gasteiger charge is -2.09. The number of halogens is 1. The van der Waals surface area contributed by atoms with Crippen molar-refractivity contribution in [3.63, 3.8) is 0 Å². The number of H-pyrrole nitrogens is 1. The first-order chi connectivity index (χ1) is 9.97. The van der Waals surface area contributed by atoms with Gasteiger partial charge in [0.2, 0.25) is 0 Å². The van der Waals surface area contributed by atoms with Crippen molar-refractivity contribution in [1.29, 1.82) is 0 Å². The summed E-state index contributed by atoms with van der Waals surface area (Å²) < 4.78 is 1.05. The number of carbonyl (C=O) groups is 1. The number of aromatic nitrogens is 2. The third kappa shape index (κ3) is 2.68. The SMILES string of the molecule is Cc1cc(NC(=O)c2n[nH]c(C3CC3)c2N)cc(C)c1Br. The Bertz CT molecular complexity index is 695. The molecule has 1 saturated carbocycles. The van der Waals surface area contributed by atoms with Gasteiger partial charge in [0, 0.05) is 16.1 Å². The van der Waals surface area contributed by atoms with Gasteiger partial charge < -0.3 is 11.1 Å². The second-order valence-electron chi connectivity index (χ2n) is 5.55. The van der Waals surface area contributed by atoms with Crippen LogP contribution in [0.2, 0.25) is 0 Å². The third-order valence-electron chi connectivity index (χ3n) is 3.73. The molecule has 3 rings (SSSR count). The molecule has 0 saturated heterocycles. The first-order valence-corrected chi connectivity index (χ1v) is 7.68. The maximum atomic E-state index is 12.3. The second kappa shape index (κ2) is 5.18. The molecule has 0 spiro atoms. The number of hydrogen-bond donors (Lipinski definition) is 3. The molecule has 2 aromatic rings. The topological polar surface area (TPSA) is 83.8 Å². The molecule has 0 radical (unpaired) electrons. The normalized spacial score (nSPS) is 14.2. The van der Waals surface area contributed by atoms with E-state index < -0.39 is 0 Å². The molecular weight excluding hydrogens is 332 g/mol. The van der Waals surface area contributed by atoms with Crippen molar-refractivity contribution >= 4 is 33.2 Å². The van der Waals surface area contributed by atoms with E-state index in [0.717, 1.165) is 39.8 Å². The number of anilines is 2. The van der Waals surface area contributed by atoms with E-state index in [1.165, 1.54) is 0 Å². The summed E-state index contributed by atoms with van der Waals surface area (Å²) >= 11 is 3.51. The van der Waals surface area contributed by atoms with Crippen molar-refractivity contribution in [2.75, 3.05) is 11.1 Å². The van der Waals surface area contributed by atoms with Crippen LogP contribution < -0.4 is 11.1 Å². The zero-order valence-electron chi connectivity index (χ0n) is 12.0. The summed E-state index contributed by atoms with van der Waals surface area (Å²) in [5.41, 5.74) is 10.5. The first kappa shape index (κ1) is 14.1. The Labute approximate surface area is 131 Å². The molecule has 1 heterocycles. The van der Waals surface area contributed by atoms with Crippen LogP contribution in [0.25, 0.3) is 0 Å². The summed E-state index contributed by atoms with van der Waals surface area (Å²) in [5, 5.41) is 9.81. The van der Waals surface area contributed by atoms with Crippen LogP contribution in [-0.4, -0.2) is 16.1 Å². The largest absolute Gasteiger partial charge is 0.395 e. The predicted octanol–water partition coefficient (Wildman–Crippen LogP) is 3.50. The number of hydrogen-bond acceptors (Lipinski definition) is 3.